The Labute approximate surface area is 153 Å². The number of rotatable bonds is 6. The molecule has 26 heavy (non-hydrogen) atoms. The Morgan fingerprint density at radius 3 is 2.62 bits per heavy atom. The summed E-state index contributed by atoms with van der Waals surface area (Å²) in [6.07, 6.45) is 6.26. The third-order valence-corrected chi connectivity index (χ3v) is 5.14. The van der Waals surface area contributed by atoms with Gasteiger partial charge in [-0.1, -0.05) is 37.1 Å². The van der Waals surface area contributed by atoms with Gasteiger partial charge >= 0.3 is 5.97 Å². The molecule has 3 rings (SSSR count). The fraction of sp³-hybridized carbons (Fsp3) is 0.412. The van der Waals surface area contributed by atoms with Gasteiger partial charge in [-0.15, -0.1) is 10.2 Å². The van der Waals surface area contributed by atoms with Gasteiger partial charge in [0.2, 0.25) is 5.16 Å². The fourth-order valence-corrected chi connectivity index (χ4v) is 3.58. The Bertz CT molecular complexity index is 799. The summed E-state index contributed by atoms with van der Waals surface area (Å²) in [6.45, 7) is 0. The van der Waals surface area contributed by atoms with Crippen molar-refractivity contribution >= 4 is 23.9 Å². The molecule has 9 heteroatoms. The van der Waals surface area contributed by atoms with Gasteiger partial charge in [-0.05, 0) is 25.0 Å². The van der Waals surface area contributed by atoms with Crippen LogP contribution in [0.3, 0.4) is 0 Å². The van der Waals surface area contributed by atoms with Gasteiger partial charge in [-0.25, -0.2) is 8.78 Å². The van der Waals surface area contributed by atoms with Crippen molar-refractivity contribution in [2.24, 2.45) is 5.10 Å². The van der Waals surface area contributed by atoms with E-state index in [1.54, 1.807) is 0 Å². The molecular formula is C17H18F2N4O2S. The molecule has 0 radical (unpaired) electrons. The summed E-state index contributed by atoms with van der Waals surface area (Å²) in [7, 11) is 0. The smallest absolute Gasteiger partial charge is 0.313 e. The van der Waals surface area contributed by atoms with E-state index in [4.69, 9.17) is 5.11 Å². The first-order valence-corrected chi connectivity index (χ1v) is 9.33. The van der Waals surface area contributed by atoms with Gasteiger partial charge in [0.25, 0.3) is 0 Å². The highest BCUT2D eigenvalue weighted by atomic mass is 32.2. The Morgan fingerprint density at radius 1 is 1.27 bits per heavy atom. The van der Waals surface area contributed by atoms with Crippen LogP contribution in [0.5, 0.6) is 0 Å². The molecule has 0 amide bonds. The van der Waals surface area contributed by atoms with E-state index < -0.39 is 17.6 Å². The van der Waals surface area contributed by atoms with E-state index in [0.29, 0.717) is 11.0 Å². The highest BCUT2D eigenvalue weighted by molar-refractivity contribution is 7.99. The maximum atomic E-state index is 13.8. The predicted molar refractivity (Wildman–Crippen MR) is 93.6 cm³/mol. The van der Waals surface area contributed by atoms with Gasteiger partial charge in [0, 0.05) is 5.92 Å². The quantitative estimate of drug-likeness (QED) is 0.611. The van der Waals surface area contributed by atoms with E-state index in [1.807, 2.05) is 0 Å². The average Bonchev–Trinajstić information content (AvgIpc) is 3.03. The zero-order valence-electron chi connectivity index (χ0n) is 13.9. The number of hydrogen-bond donors (Lipinski definition) is 1. The molecule has 1 saturated carbocycles. The molecule has 1 fully saturated rings. The molecule has 0 saturated heterocycles. The van der Waals surface area contributed by atoms with Crippen LogP contribution in [0.25, 0.3) is 0 Å². The Balaban J connectivity index is 1.94. The molecule has 0 bridgehead atoms. The molecule has 138 valence electrons. The van der Waals surface area contributed by atoms with E-state index in [0.717, 1.165) is 62.2 Å². The largest absolute Gasteiger partial charge is 0.481 e. The highest BCUT2D eigenvalue weighted by Crippen LogP contribution is 2.33. The summed E-state index contributed by atoms with van der Waals surface area (Å²) < 4.78 is 29.1. The van der Waals surface area contributed by atoms with Crippen LogP contribution in [-0.4, -0.2) is 37.9 Å². The lowest BCUT2D eigenvalue weighted by molar-refractivity contribution is -0.133. The molecule has 1 aromatic carbocycles. The maximum absolute atomic E-state index is 13.8. The molecule has 6 nitrogen and oxygen atoms in total. The monoisotopic (exact) mass is 380 g/mol. The fourth-order valence-electron chi connectivity index (χ4n) is 2.97. The summed E-state index contributed by atoms with van der Waals surface area (Å²) >= 11 is 0.972. The zero-order chi connectivity index (χ0) is 18.5. The molecule has 1 heterocycles. The van der Waals surface area contributed by atoms with E-state index in [1.165, 1.54) is 10.7 Å². The molecule has 0 unspecified atom stereocenters. The van der Waals surface area contributed by atoms with Gasteiger partial charge < -0.3 is 5.11 Å². The highest BCUT2D eigenvalue weighted by Gasteiger charge is 2.24. The molecule has 0 atom stereocenters. The van der Waals surface area contributed by atoms with Crippen LogP contribution >= 0.6 is 11.8 Å². The van der Waals surface area contributed by atoms with Crippen molar-refractivity contribution in [1.29, 1.82) is 0 Å². The van der Waals surface area contributed by atoms with Gasteiger partial charge in [0.15, 0.2) is 5.82 Å². The number of nitrogens with zero attached hydrogens (tertiary/aromatic N) is 4. The number of hydrogen-bond acceptors (Lipinski definition) is 5. The Morgan fingerprint density at radius 2 is 1.96 bits per heavy atom. The van der Waals surface area contributed by atoms with Crippen molar-refractivity contribution in [2.75, 3.05) is 5.75 Å². The number of carboxylic acid groups (broad SMARTS) is 1. The summed E-state index contributed by atoms with van der Waals surface area (Å²) in [4.78, 5) is 10.8. The van der Waals surface area contributed by atoms with E-state index in [9.17, 15) is 13.6 Å². The van der Waals surface area contributed by atoms with Crippen LogP contribution in [0.2, 0.25) is 0 Å². The third kappa shape index (κ3) is 4.27. The van der Waals surface area contributed by atoms with Crippen LogP contribution in [0, 0.1) is 11.6 Å². The number of aliphatic carboxylic acids is 1. The lowest BCUT2D eigenvalue weighted by Gasteiger charge is -2.20. The van der Waals surface area contributed by atoms with Gasteiger partial charge in [0.05, 0.1) is 17.5 Å². The van der Waals surface area contributed by atoms with Crippen molar-refractivity contribution in [1.82, 2.24) is 14.9 Å². The normalized spacial score (nSPS) is 15.6. The maximum Gasteiger partial charge on any atom is 0.313 e. The minimum Gasteiger partial charge on any atom is -0.481 e. The molecule has 0 spiro atoms. The number of halogens is 2. The van der Waals surface area contributed by atoms with Crippen LogP contribution < -0.4 is 0 Å². The first-order chi connectivity index (χ1) is 12.6. The molecule has 1 N–H and O–H groups in total. The van der Waals surface area contributed by atoms with Gasteiger partial charge in [0.1, 0.15) is 11.6 Å². The molecule has 2 aromatic rings. The number of benzene rings is 1. The van der Waals surface area contributed by atoms with Crippen molar-refractivity contribution in [2.45, 2.75) is 43.2 Å². The minimum atomic E-state index is -0.993. The number of thioether (sulfide) groups is 1. The summed E-state index contributed by atoms with van der Waals surface area (Å²) in [5, 5.41) is 21.6. The van der Waals surface area contributed by atoms with Gasteiger partial charge in [-0.3, -0.25) is 4.79 Å². The predicted octanol–water partition coefficient (Wildman–Crippen LogP) is 3.66. The molecule has 1 aliphatic rings. The molecule has 0 aliphatic heterocycles. The topological polar surface area (TPSA) is 80.4 Å². The van der Waals surface area contributed by atoms with Crippen LogP contribution in [0.15, 0.2) is 28.5 Å². The molecular weight excluding hydrogens is 362 g/mol. The van der Waals surface area contributed by atoms with Gasteiger partial charge in [-0.2, -0.15) is 9.78 Å². The van der Waals surface area contributed by atoms with E-state index in [2.05, 4.69) is 15.3 Å². The third-order valence-electron chi connectivity index (χ3n) is 4.23. The minimum absolute atomic E-state index is 0.151. The standard InChI is InChI=1S/C17H18F2N4O2S/c18-13-7-4-8-14(19)12(13)9-20-23-16(11-5-2-1-3-6-11)21-22-17(23)26-10-15(24)25/h4,7-9,11H,1-3,5-6,10H2,(H,24,25)/b20-9-. The summed E-state index contributed by atoms with van der Waals surface area (Å²) in [6, 6.07) is 3.58. The van der Waals surface area contributed by atoms with Crippen LogP contribution in [0.1, 0.15) is 49.4 Å². The molecule has 1 aliphatic carbocycles. The second-order valence-electron chi connectivity index (χ2n) is 6.05. The number of carboxylic acids is 1. The SMILES string of the molecule is O=C(O)CSc1nnc(C2CCCCC2)n1/N=C\c1c(F)cccc1F. The zero-order valence-corrected chi connectivity index (χ0v) is 14.8. The summed E-state index contributed by atoms with van der Waals surface area (Å²) in [5.41, 5.74) is -0.259. The molecule has 1 aromatic heterocycles. The lowest BCUT2D eigenvalue weighted by Crippen LogP contribution is -2.11. The van der Waals surface area contributed by atoms with E-state index in [-0.39, 0.29) is 17.2 Å². The van der Waals surface area contributed by atoms with E-state index >= 15 is 0 Å². The Kier molecular flexibility index (Phi) is 5.97. The Hall–Kier alpha value is -2.29. The van der Waals surface area contributed by atoms with Crippen molar-refractivity contribution in [3.05, 3.63) is 41.2 Å². The second-order valence-corrected chi connectivity index (χ2v) is 6.99. The lowest BCUT2D eigenvalue weighted by atomic mass is 9.89. The van der Waals surface area contributed by atoms with Crippen molar-refractivity contribution < 1.29 is 18.7 Å². The summed E-state index contributed by atoms with van der Waals surface area (Å²) in [5.74, 6) is -1.88. The van der Waals surface area contributed by atoms with Crippen molar-refractivity contribution in [3.8, 4) is 0 Å². The number of aromatic nitrogens is 3. The van der Waals surface area contributed by atoms with Crippen LogP contribution in [0.4, 0.5) is 8.78 Å². The first kappa shape index (κ1) is 18.5. The average molecular weight is 380 g/mol. The second kappa shape index (κ2) is 8.39. The first-order valence-electron chi connectivity index (χ1n) is 8.34. The number of carbonyl (C=O) groups is 1. The van der Waals surface area contributed by atoms with Crippen LogP contribution in [-0.2, 0) is 4.79 Å². The van der Waals surface area contributed by atoms with Crippen molar-refractivity contribution in [3.63, 3.8) is 0 Å².